The Morgan fingerprint density at radius 3 is 2.68 bits per heavy atom. The van der Waals surface area contributed by atoms with Gasteiger partial charge in [0, 0.05) is 17.0 Å². The molecule has 5 nitrogen and oxygen atoms in total. The molecular formula is C22H25NO4S. The van der Waals surface area contributed by atoms with Crippen LogP contribution in [0.1, 0.15) is 49.6 Å². The second-order valence-corrected chi connectivity index (χ2v) is 7.72. The van der Waals surface area contributed by atoms with Gasteiger partial charge in [0.1, 0.15) is 11.5 Å². The molecule has 0 aliphatic carbocycles. The molecule has 1 aromatic carbocycles. The quantitative estimate of drug-likeness (QED) is 0.395. The van der Waals surface area contributed by atoms with Gasteiger partial charge in [-0.3, -0.25) is 9.59 Å². The van der Waals surface area contributed by atoms with E-state index in [2.05, 4.69) is 0 Å². The summed E-state index contributed by atoms with van der Waals surface area (Å²) in [5.41, 5.74) is 0.625. The maximum Gasteiger partial charge on any atom is 0.295 e. The molecule has 0 bridgehead atoms. The highest BCUT2D eigenvalue weighted by Gasteiger charge is 2.46. The summed E-state index contributed by atoms with van der Waals surface area (Å²) >= 11 is 1.48. The van der Waals surface area contributed by atoms with Crippen molar-refractivity contribution in [3.8, 4) is 5.75 Å². The van der Waals surface area contributed by atoms with Crippen molar-refractivity contribution in [1.82, 2.24) is 4.90 Å². The summed E-state index contributed by atoms with van der Waals surface area (Å²) < 4.78 is 5.64. The zero-order valence-corrected chi connectivity index (χ0v) is 17.0. The molecule has 1 aliphatic heterocycles. The van der Waals surface area contributed by atoms with Gasteiger partial charge in [-0.15, -0.1) is 11.3 Å². The fourth-order valence-corrected chi connectivity index (χ4v) is 4.14. The topological polar surface area (TPSA) is 66.8 Å². The third kappa shape index (κ3) is 3.97. The van der Waals surface area contributed by atoms with E-state index < -0.39 is 17.7 Å². The number of nitrogens with zero attached hydrogens (tertiary/aromatic N) is 1. The highest BCUT2D eigenvalue weighted by molar-refractivity contribution is 7.10. The van der Waals surface area contributed by atoms with Gasteiger partial charge in [0.15, 0.2) is 0 Å². The lowest BCUT2D eigenvalue weighted by atomic mass is 9.99. The number of ether oxygens (including phenoxy) is 1. The summed E-state index contributed by atoms with van der Waals surface area (Å²) in [4.78, 5) is 28.0. The van der Waals surface area contributed by atoms with Crippen molar-refractivity contribution in [2.24, 2.45) is 0 Å². The lowest BCUT2D eigenvalue weighted by Gasteiger charge is -2.23. The van der Waals surface area contributed by atoms with Crippen LogP contribution in [0.3, 0.4) is 0 Å². The van der Waals surface area contributed by atoms with E-state index in [4.69, 9.17) is 4.74 Å². The maximum atomic E-state index is 12.8. The summed E-state index contributed by atoms with van der Waals surface area (Å²) in [6.45, 7) is 5.11. The monoisotopic (exact) mass is 399 g/mol. The highest BCUT2D eigenvalue weighted by atomic mass is 32.1. The van der Waals surface area contributed by atoms with Crippen molar-refractivity contribution in [3.63, 3.8) is 0 Å². The van der Waals surface area contributed by atoms with Crippen molar-refractivity contribution in [2.45, 2.75) is 39.2 Å². The molecule has 1 atom stereocenters. The van der Waals surface area contributed by atoms with E-state index in [0.717, 1.165) is 24.1 Å². The molecule has 1 fully saturated rings. The van der Waals surface area contributed by atoms with Crippen LogP contribution in [0.4, 0.5) is 0 Å². The van der Waals surface area contributed by atoms with Gasteiger partial charge < -0.3 is 14.7 Å². The Bertz CT molecular complexity index is 872. The number of aliphatic hydroxyl groups is 1. The number of ketones is 1. The van der Waals surface area contributed by atoms with Crippen molar-refractivity contribution in [2.75, 3.05) is 13.2 Å². The van der Waals surface area contributed by atoms with Crippen LogP contribution in [-0.2, 0) is 9.59 Å². The zero-order valence-electron chi connectivity index (χ0n) is 16.2. The smallest absolute Gasteiger partial charge is 0.295 e. The minimum absolute atomic E-state index is 0.149. The van der Waals surface area contributed by atoms with E-state index in [1.807, 2.05) is 37.4 Å². The number of unbranched alkanes of at least 4 members (excludes halogenated alkanes) is 1. The minimum atomic E-state index is -0.633. The summed E-state index contributed by atoms with van der Waals surface area (Å²) in [6, 6.07) is 10.2. The Labute approximate surface area is 169 Å². The van der Waals surface area contributed by atoms with Crippen LogP contribution >= 0.6 is 11.3 Å². The predicted molar refractivity (Wildman–Crippen MR) is 110 cm³/mol. The van der Waals surface area contributed by atoms with Crippen molar-refractivity contribution in [3.05, 3.63) is 57.8 Å². The van der Waals surface area contributed by atoms with Gasteiger partial charge >= 0.3 is 0 Å². The first kappa shape index (κ1) is 20.1. The molecule has 1 amide bonds. The van der Waals surface area contributed by atoms with Crippen LogP contribution in [-0.4, -0.2) is 34.8 Å². The van der Waals surface area contributed by atoms with E-state index in [1.54, 1.807) is 23.1 Å². The second kappa shape index (κ2) is 9.06. The first-order chi connectivity index (χ1) is 13.6. The van der Waals surface area contributed by atoms with E-state index in [0.29, 0.717) is 24.5 Å². The molecule has 3 rings (SSSR count). The molecule has 2 aromatic rings. The highest BCUT2D eigenvalue weighted by Crippen LogP contribution is 2.41. The van der Waals surface area contributed by atoms with E-state index in [9.17, 15) is 14.7 Å². The number of amides is 1. The first-order valence-corrected chi connectivity index (χ1v) is 10.5. The average Bonchev–Trinajstić information content (AvgIpc) is 3.32. The first-order valence-electron chi connectivity index (χ1n) is 9.63. The molecule has 1 aliphatic rings. The maximum absolute atomic E-state index is 12.8. The Kier molecular flexibility index (Phi) is 6.52. The fraction of sp³-hybridized carbons (Fsp3) is 0.364. The predicted octanol–water partition coefficient (Wildman–Crippen LogP) is 4.76. The van der Waals surface area contributed by atoms with Gasteiger partial charge in [-0.1, -0.05) is 38.5 Å². The van der Waals surface area contributed by atoms with Crippen LogP contribution in [0.5, 0.6) is 5.75 Å². The van der Waals surface area contributed by atoms with E-state index in [1.165, 1.54) is 11.3 Å². The number of likely N-dealkylation sites (tertiary alicyclic amines) is 1. The number of Topliss-reactive ketones (excluding diaryl/α,β-unsaturated/α-hetero) is 1. The van der Waals surface area contributed by atoms with Gasteiger partial charge in [-0.2, -0.15) is 0 Å². The molecule has 6 heteroatoms. The number of aliphatic hydroxyl groups excluding tert-OH is 1. The molecule has 2 heterocycles. The number of thiophene rings is 1. The largest absolute Gasteiger partial charge is 0.507 e. The number of hydrogen-bond donors (Lipinski definition) is 1. The molecular weight excluding hydrogens is 374 g/mol. The lowest BCUT2D eigenvalue weighted by Crippen LogP contribution is -2.30. The normalized spacial score (nSPS) is 18.6. The van der Waals surface area contributed by atoms with E-state index >= 15 is 0 Å². The second-order valence-electron chi connectivity index (χ2n) is 6.74. The van der Waals surface area contributed by atoms with Gasteiger partial charge in [-0.25, -0.2) is 0 Å². The molecule has 1 saturated heterocycles. The summed E-state index contributed by atoms with van der Waals surface area (Å²) in [5.74, 6) is -0.713. The van der Waals surface area contributed by atoms with Crippen LogP contribution in [0.2, 0.25) is 0 Å². The van der Waals surface area contributed by atoms with Crippen molar-refractivity contribution >= 4 is 28.8 Å². The third-order valence-electron chi connectivity index (χ3n) is 4.69. The lowest BCUT2D eigenvalue weighted by molar-refractivity contribution is -0.139. The number of benzene rings is 1. The molecule has 0 radical (unpaired) electrons. The standard InChI is InChI=1S/C22H25NO4S/c1-3-5-11-23-19(17-10-7-13-28-17)18(21(25)22(23)26)20(24)15-8-6-9-16(14-15)27-12-4-2/h6-10,13-14,19,24H,3-5,11-12H2,1-2H3/b20-18-. The molecule has 28 heavy (non-hydrogen) atoms. The summed E-state index contributed by atoms with van der Waals surface area (Å²) in [7, 11) is 0. The van der Waals surface area contributed by atoms with Gasteiger partial charge in [0.25, 0.3) is 11.7 Å². The zero-order chi connectivity index (χ0) is 20.1. The van der Waals surface area contributed by atoms with Crippen LogP contribution in [0, 0.1) is 0 Å². The molecule has 1 aromatic heterocycles. The molecule has 148 valence electrons. The number of carbonyl (C=O) groups excluding carboxylic acids is 2. The fourth-order valence-electron chi connectivity index (χ4n) is 3.29. The SMILES string of the molecule is CCCCN1C(=O)C(=O)/C(=C(\O)c2cccc(OCCC)c2)C1c1cccs1. The van der Waals surface area contributed by atoms with Crippen LogP contribution in [0.25, 0.3) is 5.76 Å². The average molecular weight is 400 g/mol. The molecule has 0 spiro atoms. The molecule has 1 N–H and O–H groups in total. The Hall–Kier alpha value is -2.60. The van der Waals surface area contributed by atoms with Gasteiger partial charge in [0.2, 0.25) is 0 Å². The summed E-state index contributed by atoms with van der Waals surface area (Å²) in [5, 5.41) is 12.9. The number of hydrogen-bond acceptors (Lipinski definition) is 5. The third-order valence-corrected chi connectivity index (χ3v) is 5.61. The van der Waals surface area contributed by atoms with Gasteiger partial charge in [0.05, 0.1) is 18.2 Å². The van der Waals surface area contributed by atoms with Crippen molar-refractivity contribution < 1.29 is 19.4 Å². The van der Waals surface area contributed by atoms with Crippen LogP contribution in [0.15, 0.2) is 47.4 Å². The number of carbonyl (C=O) groups is 2. The molecule has 0 saturated carbocycles. The van der Waals surface area contributed by atoms with Crippen LogP contribution < -0.4 is 4.74 Å². The minimum Gasteiger partial charge on any atom is -0.507 e. The number of rotatable bonds is 8. The molecule has 1 unspecified atom stereocenters. The summed E-state index contributed by atoms with van der Waals surface area (Å²) in [6.07, 6.45) is 2.59. The van der Waals surface area contributed by atoms with Crippen molar-refractivity contribution in [1.29, 1.82) is 0 Å². The Morgan fingerprint density at radius 1 is 1.18 bits per heavy atom. The van der Waals surface area contributed by atoms with E-state index in [-0.39, 0.29) is 11.3 Å². The Balaban J connectivity index is 2.06. The Morgan fingerprint density at radius 2 is 2.00 bits per heavy atom. The van der Waals surface area contributed by atoms with Gasteiger partial charge in [-0.05, 0) is 36.4 Å².